The molecule has 0 atom stereocenters. The van der Waals surface area contributed by atoms with Crippen molar-refractivity contribution < 1.29 is 9.47 Å². The van der Waals surface area contributed by atoms with E-state index in [1.54, 1.807) is 26.6 Å². The van der Waals surface area contributed by atoms with Crippen molar-refractivity contribution in [2.75, 3.05) is 14.2 Å². The molecule has 2 aromatic rings. The van der Waals surface area contributed by atoms with Crippen LogP contribution in [-0.4, -0.2) is 24.2 Å². The van der Waals surface area contributed by atoms with Gasteiger partial charge in [0.05, 0.1) is 18.7 Å². The van der Waals surface area contributed by atoms with Crippen molar-refractivity contribution in [3.63, 3.8) is 0 Å². The summed E-state index contributed by atoms with van der Waals surface area (Å²) >= 11 is 3.49. The van der Waals surface area contributed by atoms with Gasteiger partial charge in [-0.15, -0.1) is 0 Å². The number of nitrogens with one attached hydrogen (secondary N) is 1. The number of aromatic nitrogens is 2. The van der Waals surface area contributed by atoms with E-state index in [2.05, 4.69) is 25.9 Å². The number of H-pyrrole nitrogens is 1. The van der Waals surface area contributed by atoms with Crippen molar-refractivity contribution in [3.8, 4) is 22.9 Å². The number of halogens is 1. The summed E-state index contributed by atoms with van der Waals surface area (Å²) in [7, 11) is 3.21. The smallest absolute Gasteiger partial charge is 0.175 e. The molecule has 1 heterocycles. The molecule has 0 saturated heterocycles. The van der Waals surface area contributed by atoms with E-state index >= 15 is 0 Å². The molecule has 5 heteroatoms. The second kappa shape index (κ2) is 4.57. The molecule has 0 aliphatic rings. The first kappa shape index (κ1) is 11.0. The number of aromatic amines is 1. The molecule has 0 aliphatic carbocycles. The summed E-state index contributed by atoms with van der Waals surface area (Å²) < 4.78 is 11.3. The van der Waals surface area contributed by atoms with E-state index in [1.807, 2.05) is 12.1 Å². The van der Waals surface area contributed by atoms with Crippen molar-refractivity contribution in [1.29, 1.82) is 0 Å². The summed E-state index contributed by atoms with van der Waals surface area (Å²) in [6.07, 6.45) is 3.48. The van der Waals surface area contributed by atoms with Gasteiger partial charge in [-0.2, -0.15) is 0 Å². The Bertz CT molecular complexity index is 483. The highest BCUT2D eigenvalue weighted by atomic mass is 79.9. The van der Waals surface area contributed by atoms with Gasteiger partial charge in [0.25, 0.3) is 0 Å². The Morgan fingerprint density at radius 2 is 2.06 bits per heavy atom. The maximum Gasteiger partial charge on any atom is 0.175 e. The summed E-state index contributed by atoms with van der Waals surface area (Å²) in [5.41, 5.74) is 0.933. The van der Waals surface area contributed by atoms with Gasteiger partial charge in [0.15, 0.2) is 11.5 Å². The van der Waals surface area contributed by atoms with Gasteiger partial charge in [0, 0.05) is 18.0 Å². The third-order valence-corrected chi connectivity index (χ3v) is 3.03. The normalized spacial score (nSPS) is 10.2. The van der Waals surface area contributed by atoms with Crippen LogP contribution >= 0.6 is 15.9 Å². The van der Waals surface area contributed by atoms with Crippen LogP contribution in [0, 0.1) is 0 Å². The fourth-order valence-electron chi connectivity index (χ4n) is 1.48. The minimum Gasteiger partial charge on any atom is -0.493 e. The lowest BCUT2D eigenvalue weighted by atomic mass is 10.2. The molecule has 16 heavy (non-hydrogen) atoms. The van der Waals surface area contributed by atoms with Crippen LogP contribution in [0.3, 0.4) is 0 Å². The first-order valence-corrected chi connectivity index (χ1v) is 5.47. The molecule has 1 N–H and O–H groups in total. The molecule has 0 aliphatic heterocycles. The molecule has 0 spiro atoms. The summed E-state index contributed by atoms with van der Waals surface area (Å²) in [5, 5.41) is 0. The number of hydrogen-bond donors (Lipinski definition) is 1. The molecule has 0 amide bonds. The Labute approximate surface area is 102 Å². The molecule has 84 valence electrons. The molecule has 0 unspecified atom stereocenters. The molecular formula is C11H11BrN2O2. The van der Waals surface area contributed by atoms with E-state index in [0.29, 0.717) is 11.5 Å². The number of rotatable bonds is 3. The van der Waals surface area contributed by atoms with E-state index in [-0.39, 0.29) is 0 Å². The van der Waals surface area contributed by atoms with Crippen LogP contribution in [0.5, 0.6) is 11.5 Å². The number of hydrogen-bond acceptors (Lipinski definition) is 3. The highest BCUT2D eigenvalue weighted by Gasteiger charge is 2.14. The molecule has 0 bridgehead atoms. The summed E-state index contributed by atoms with van der Waals surface area (Å²) in [6.45, 7) is 0. The van der Waals surface area contributed by atoms with Gasteiger partial charge in [-0.25, -0.2) is 4.98 Å². The van der Waals surface area contributed by atoms with E-state index < -0.39 is 0 Å². The quantitative estimate of drug-likeness (QED) is 0.942. The molecule has 4 nitrogen and oxygen atoms in total. The average Bonchev–Trinajstić information content (AvgIpc) is 2.81. The molecule has 0 saturated carbocycles. The highest BCUT2D eigenvalue weighted by molar-refractivity contribution is 9.10. The van der Waals surface area contributed by atoms with Crippen molar-refractivity contribution in [1.82, 2.24) is 9.97 Å². The molecule has 2 rings (SSSR count). The van der Waals surface area contributed by atoms with Gasteiger partial charge >= 0.3 is 0 Å². The Kier molecular flexibility index (Phi) is 3.14. The first-order chi connectivity index (χ1) is 7.77. The molecule has 1 aromatic carbocycles. The Morgan fingerprint density at radius 3 is 2.62 bits per heavy atom. The highest BCUT2D eigenvalue weighted by Crippen LogP contribution is 2.40. The lowest BCUT2D eigenvalue weighted by molar-refractivity contribution is 0.353. The number of imidazole rings is 1. The first-order valence-electron chi connectivity index (χ1n) is 4.68. The zero-order chi connectivity index (χ0) is 11.5. The second-order valence-electron chi connectivity index (χ2n) is 3.10. The van der Waals surface area contributed by atoms with Crippen LogP contribution in [0.25, 0.3) is 11.4 Å². The predicted octanol–water partition coefficient (Wildman–Crippen LogP) is 2.86. The van der Waals surface area contributed by atoms with E-state index in [1.165, 1.54) is 0 Å². The molecular weight excluding hydrogens is 272 g/mol. The zero-order valence-electron chi connectivity index (χ0n) is 8.95. The fraction of sp³-hybridized carbons (Fsp3) is 0.182. The minimum absolute atomic E-state index is 0.663. The molecule has 0 radical (unpaired) electrons. The van der Waals surface area contributed by atoms with E-state index in [4.69, 9.17) is 9.47 Å². The van der Waals surface area contributed by atoms with Crippen molar-refractivity contribution in [3.05, 3.63) is 29.0 Å². The van der Waals surface area contributed by atoms with Crippen LogP contribution in [0.4, 0.5) is 0 Å². The number of nitrogens with zero attached hydrogens (tertiary/aromatic N) is 1. The van der Waals surface area contributed by atoms with Crippen molar-refractivity contribution >= 4 is 15.9 Å². The third-order valence-electron chi connectivity index (χ3n) is 2.24. The van der Waals surface area contributed by atoms with Crippen molar-refractivity contribution in [2.24, 2.45) is 0 Å². The van der Waals surface area contributed by atoms with Gasteiger partial charge in [-0.3, -0.25) is 0 Å². The van der Waals surface area contributed by atoms with Gasteiger partial charge in [-0.1, -0.05) is 0 Å². The summed E-state index contributed by atoms with van der Waals surface area (Å²) in [5.74, 6) is 2.13. The predicted molar refractivity (Wildman–Crippen MR) is 64.8 cm³/mol. The van der Waals surface area contributed by atoms with Gasteiger partial charge in [0.1, 0.15) is 5.82 Å². The SMILES string of the molecule is COc1ccc(-c2ncc[nH]2)c(Br)c1OC. The maximum absolute atomic E-state index is 5.29. The Morgan fingerprint density at radius 1 is 1.25 bits per heavy atom. The molecule has 1 aromatic heterocycles. The lowest BCUT2D eigenvalue weighted by Gasteiger charge is -2.11. The Hall–Kier alpha value is -1.49. The number of methoxy groups -OCH3 is 2. The number of ether oxygens (including phenoxy) is 2. The van der Waals surface area contributed by atoms with Crippen LogP contribution < -0.4 is 9.47 Å². The van der Waals surface area contributed by atoms with Gasteiger partial charge in [0.2, 0.25) is 0 Å². The van der Waals surface area contributed by atoms with Crippen LogP contribution in [-0.2, 0) is 0 Å². The Balaban J connectivity index is 2.57. The number of benzene rings is 1. The van der Waals surface area contributed by atoms with Gasteiger partial charge in [-0.05, 0) is 28.1 Å². The van der Waals surface area contributed by atoms with Crippen LogP contribution in [0.15, 0.2) is 29.0 Å². The van der Waals surface area contributed by atoms with E-state index in [0.717, 1.165) is 15.9 Å². The fourth-order valence-corrected chi connectivity index (χ4v) is 2.16. The van der Waals surface area contributed by atoms with E-state index in [9.17, 15) is 0 Å². The molecule has 0 fully saturated rings. The summed E-state index contributed by atoms with van der Waals surface area (Å²) in [4.78, 5) is 7.24. The second-order valence-corrected chi connectivity index (χ2v) is 3.89. The summed E-state index contributed by atoms with van der Waals surface area (Å²) in [6, 6.07) is 3.77. The van der Waals surface area contributed by atoms with Crippen LogP contribution in [0.1, 0.15) is 0 Å². The van der Waals surface area contributed by atoms with Gasteiger partial charge < -0.3 is 14.5 Å². The lowest BCUT2D eigenvalue weighted by Crippen LogP contribution is -1.93. The van der Waals surface area contributed by atoms with Crippen molar-refractivity contribution in [2.45, 2.75) is 0 Å². The monoisotopic (exact) mass is 282 g/mol. The van der Waals surface area contributed by atoms with Crippen LogP contribution in [0.2, 0.25) is 0 Å². The standard InChI is InChI=1S/C11H11BrN2O2/c1-15-8-4-3-7(9(12)10(8)16-2)11-13-5-6-14-11/h3-6H,1-2H3,(H,13,14). The maximum atomic E-state index is 5.29. The largest absolute Gasteiger partial charge is 0.493 e. The zero-order valence-corrected chi connectivity index (χ0v) is 10.5. The topological polar surface area (TPSA) is 47.1 Å². The minimum atomic E-state index is 0.663. The third kappa shape index (κ3) is 1.78. The average molecular weight is 283 g/mol.